The highest BCUT2D eigenvalue weighted by Crippen LogP contribution is 2.29. The lowest BCUT2D eigenvalue weighted by molar-refractivity contribution is -0.0451. The summed E-state index contributed by atoms with van der Waals surface area (Å²) in [4.78, 5) is 14.2. The zero-order valence-corrected chi connectivity index (χ0v) is 12.5. The number of hydrogen-bond acceptors (Lipinski definition) is 6. The number of nitrogens with one attached hydrogen (secondary N) is 1. The highest BCUT2D eigenvalue weighted by Gasteiger charge is 2.46. The van der Waals surface area contributed by atoms with Gasteiger partial charge in [-0.05, 0) is 6.92 Å². The molecule has 0 radical (unpaired) electrons. The maximum absolute atomic E-state index is 12.1. The number of sulfonamides is 1. The molecule has 2 N–H and O–H groups in total. The van der Waals surface area contributed by atoms with E-state index in [1.165, 1.54) is 4.72 Å². The van der Waals surface area contributed by atoms with Gasteiger partial charge in [-0.1, -0.05) is 22.9 Å². The number of carboxylic acid groups (broad SMARTS) is 1. The molecular formula is C8H8ClF3N2O5S2. The average molecular weight is 369 g/mol. The molecule has 0 saturated heterocycles. The van der Waals surface area contributed by atoms with E-state index >= 15 is 0 Å². The van der Waals surface area contributed by atoms with Crippen molar-refractivity contribution in [2.24, 2.45) is 0 Å². The number of thiazole rings is 1. The Balaban J connectivity index is 2.64. The van der Waals surface area contributed by atoms with E-state index in [1.54, 1.807) is 0 Å². The highest BCUT2D eigenvalue weighted by molar-refractivity contribution is 7.90. The van der Waals surface area contributed by atoms with Gasteiger partial charge in [0.25, 0.3) is 5.19 Å². The smallest absolute Gasteiger partial charge is 0.476 e. The van der Waals surface area contributed by atoms with E-state index < -0.39 is 39.8 Å². The van der Waals surface area contributed by atoms with Crippen molar-refractivity contribution in [2.45, 2.75) is 18.5 Å². The highest BCUT2D eigenvalue weighted by atomic mass is 35.5. The fourth-order valence-electron chi connectivity index (χ4n) is 1.04. The molecule has 1 rings (SSSR count). The van der Waals surface area contributed by atoms with E-state index in [9.17, 15) is 26.4 Å². The van der Waals surface area contributed by atoms with Crippen LogP contribution in [0.1, 0.15) is 17.4 Å². The standard InChI is InChI=1S/C8H8ClF3N2O5S2/c1-3(14-21(17,18)8(10,11)12)2-19-7-13-4(6(15)16)5(9)20-7/h3,14H,2H2,1H3,(H,15,16)/t3-/m0/s1. The fourth-order valence-corrected chi connectivity index (χ4v) is 2.74. The minimum atomic E-state index is -5.48. The van der Waals surface area contributed by atoms with Crippen molar-refractivity contribution in [2.75, 3.05) is 6.61 Å². The lowest BCUT2D eigenvalue weighted by Crippen LogP contribution is -2.43. The van der Waals surface area contributed by atoms with Gasteiger partial charge in [-0.15, -0.1) is 0 Å². The van der Waals surface area contributed by atoms with E-state index in [2.05, 4.69) is 4.98 Å². The van der Waals surface area contributed by atoms with Gasteiger partial charge in [0.2, 0.25) is 0 Å². The van der Waals surface area contributed by atoms with Gasteiger partial charge in [0.05, 0.1) is 6.04 Å². The normalized spacial score (nSPS) is 14.0. The van der Waals surface area contributed by atoms with Gasteiger partial charge in [-0.3, -0.25) is 0 Å². The Morgan fingerprint density at radius 1 is 1.57 bits per heavy atom. The summed E-state index contributed by atoms with van der Waals surface area (Å²) in [5, 5.41) is 8.49. The zero-order valence-electron chi connectivity index (χ0n) is 10.1. The largest absolute Gasteiger partial charge is 0.511 e. The maximum Gasteiger partial charge on any atom is 0.511 e. The molecule has 0 fully saturated rings. The Bertz CT molecular complexity index is 630. The Kier molecular flexibility index (Phi) is 5.41. The number of carbonyl (C=O) groups is 1. The lowest BCUT2D eigenvalue weighted by Gasteiger charge is -2.15. The molecule has 7 nitrogen and oxygen atoms in total. The first-order valence-corrected chi connectivity index (χ1v) is 7.73. The van der Waals surface area contributed by atoms with Gasteiger partial charge in [0.1, 0.15) is 10.9 Å². The summed E-state index contributed by atoms with van der Waals surface area (Å²) in [6.07, 6.45) is 0. The molecule has 1 atom stereocenters. The van der Waals surface area contributed by atoms with Crippen LogP contribution in [0.3, 0.4) is 0 Å². The number of hydrogen-bond donors (Lipinski definition) is 2. The Morgan fingerprint density at radius 3 is 2.57 bits per heavy atom. The van der Waals surface area contributed by atoms with Gasteiger partial charge in [-0.25, -0.2) is 17.9 Å². The van der Waals surface area contributed by atoms with Crippen molar-refractivity contribution >= 4 is 38.9 Å². The molecule has 0 amide bonds. The molecular weight excluding hydrogens is 361 g/mol. The minimum Gasteiger partial charge on any atom is -0.476 e. The number of rotatable bonds is 6. The predicted molar refractivity (Wildman–Crippen MR) is 67.2 cm³/mol. The van der Waals surface area contributed by atoms with Gasteiger partial charge in [0, 0.05) is 0 Å². The van der Waals surface area contributed by atoms with Crippen LogP contribution in [0.25, 0.3) is 0 Å². The van der Waals surface area contributed by atoms with Gasteiger partial charge < -0.3 is 9.84 Å². The third kappa shape index (κ3) is 4.69. The molecule has 0 unspecified atom stereocenters. The molecule has 120 valence electrons. The molecule has 0 saturated carbocycles. The van der Waals surface area contributed by atoms with Crippen LogP contribution in [0, 0.1) is 0 Å². The summed E-state index contributed by atoms with van der Waals surface area (Å²) in [6, 6.07) is -1.22. The second kappa shape index (κ2) is 6.34. The summed E-state index contributed by atoms with van der Waals surface area (Å²) in [6.45, 7) is 0.648. The first-order chi connectivity index (χ1) is 9.44. The molecule has 0 aliphatic heterocycles. The molecule has 21 heavy (non-hydrogen) atoms. The van der Waals surface area contributed by atoms with Crippen molar-refractivity contribution in [3.05, 3.63) is 10.0 Å². The monoisotopic (exact) mass is 368 g/mol. The lowest BCUT2D eigenvalue weighted by atomic mass is 10.4. The van der Waals surface area contributed by atoms with Crippen molar-refractivity contribution in [1.29, 1.82) is 0 Å². The molecule has 1 aromatic rings. The van der Waals surface area contributed by atoms with E-state index in [1.807, 2.05) is 0 Å². The molecule has 0 bridgehead atoms. The second-order valence-electron chi connectivity index (χ2n) is 3.69. The summed E-state index contributed by atoms with van der Waals surface area (Å²) in [5.74, 6) is -1.39. The average Bonchev–Trinajstić information content (AvgIpc) is 2.66. The van der Waals surface area contributed by atoms with Crippen LogP contribution in [0.2, 0.25) is 4.34 Å². The molecule has 0 aliphatic rings. The number of alkyl halides is 3. The van der Waals surface area contributed by atoms with Crippen LogP contribution in [-0.2, 0) is 10.0 Å². The van der Waals surface area contributed by atoms with E-state index in [0.29, 0.717) is 11.3 Å². The Hall–Kier alpha value is -1.11. The quantitative estimate of drug-likeness (QED) is 0.791. The summed E-state index contributed by atoms with van der Waals surface area (Å²) >= 11 is 6.22. The maximum atomic E-state index is 12.1. The number of ether oxygens (including phenoxy) is 1. The Morgan fingerprint density at radius 2 is 2.14 bits per heavy atom. The second-order valence-corrected chi connectivity index (χ2v) is 6.96. The molecule has 0 aromatic carbocycles. The number of aromatic nitrogens is 1. The van der Waals surface area contributed by atoms with Crippen molar-refractivity contribution in [1.82, 2.24) is 9.71 Å². The van der Waals surface area contributed by atoms with Gasteiger partial charge in [-0.2, -0.15) is 18.2 Å². The predicted octanol–water partition coefficient (Wildman–Crippen LogP) is 1.70. The first kappa shape index (κ1) is 17.9. The molecule has 1 aromatic heterocycles. The van der Waals surface area contributed by atoms with Crippen LogP contribution in [0.15, 0.2) is 0 Å². The van der Waals surface area contributed by atoms with Crippen molar-refractivity contribution in [3.63, 3.8) is 0 Å². The summed E-state index contributed by atoms with van der Waals surface area (Å²) in [5.41, 5.74) is -5.89. The van der Waals surface area contributed by atoms with Crippen molar-refractivity contribution < 1.29 is 36.2 Å². The molecule has 0 spiro atoms. The van der Waals surface area contributed by atoms with Crippen LogP contribution in [0.5, 0.6) is 5.19 Å². The third-order valence-electron chi connectivity index (χ3n) is 1.89. The first-order valence-electron chi connectivity index (χ1n) is 5.05. The topological polar surface area (TPSA) is 106 Å². The van der Waals surface area contributed by atoms with Gasteiger partial charge >= 0.3 is 21.5 Å². The van der Waals surface area contributed by atoms with Crippen molar-refractivity contribution in [3.8, 4) is 5.19 Å². The zero-order chi connectivity index (χ0) is 16.4. The number of nitrogens with zero attached hydrogens (tertiary/aromatic N) is 1. The molecule has 1 heterocycles. The minimum absolute atomic E-state index is 0.166. The van der Waals surface area contributed by atoms with E-state index in [-0.39, 0.29) is 9.53 Å². The van der Waals surface area contributed by atoms with E-state index in [4.69, 9.17) is 21.4 Å². The van der Waals surface area contributed by atoms with E-state index in [0.717, 1.165) is 6.92 Å². The fraction of sp³-hybridized carbons (Fsp3) is 0.500. The van der Waals surface area contributed by atoms with Crippen LogP contribution >= 0.6 is 22.9 Å². The SMILES string of the molecule is C[C@@H](COc1nc(C(=O)O)c(Cl)s1)NS(=O)(=O)C(F)(F)F. The number of carboxylic acids is 1. The number of halogens is 4. The van der Waals surface area contributed by atoms with Crippen LogP contribution in [-0.4, -0.2) is 42.6 Å². The number of aromatic carboxylic acids is 1. The van der Waals surface area contributed by atoms with Crippen LogP contribution < -0.4 is 9.46 Å². The summed E-state index contributed by atoms with van der Waals surface area (Å²) in [7, 11) is -5.48. The molecule has 0 aliphatic carbocycles. The van der Waals surface area contributed by atoms with Crippen LogP contribution in [0.4, 0.5) is 13.2 Å². The third-order valence-corrected chi connectivity index (χ3v) is 4.38. The summed E-state index contributed by atoms with van der Waals surface area (Å²) < 4.78 is 64.1. The molecule has 13 heteroatoms. The van der Waals surface area contributed by atoms with Gasteiger partial charge in [0.15, 0.2) is 5.69 Å². The Labute approximate surface area is 125 Å².